The van der Waals surface area contributed by atoms with Crippen molar-refractivity contribution < 1.29 is 0 Å². The molecule has 5 nitrogen and oxygen atoms in total. The standard InChI is InChI=1S/C23H33N5/c1-24-23(26-15-7-14-25-22-8-3-2-4-9-22)27-18-20-10-12-21(13-11-20)19-28-16-5-6-17-28/h2-4,8-13,25H,5-7,14-19H2,1H3,(H2,24,26,27). The van der Waals surface area contributed by atoms with Gasteiger partial charge in [-0.05, 0) is 55.6 Å². The Hall–Kier alpha value is -2.53. The highest BCUT2D eigenvalue weighted by Crippen LogP contribution is 2.13. The number of benzene rings is 2. The van der Waals surface area contributed by atoms with Gasteiger partial charge in [-0.1, -0.05) is 42.5 Å². The molecule has 28 heavy (non-hydrogen) atoms. The molecule has 0 unspecified atom stereocenters. The minimum absolute atomic E-state index is 0.784. The molecule has 150 valence electrons. The Bertz CT molecular complexity index is 706. The van der Waals surface area contributed by atoms with E-state index in [0.717, 1.165) is 44.2 Å². The third-order valence-electron chi connectivity index (χ3n) is 5.06. The number of rotatable bonds is 9. The van der Waals surface area contributed by atoms with Crippen molar-refractivity contribution in [1.82, 2.24) is 15.5 Å². The molecular weight excluding hydrogens is 346 g/mol. The van der Waals surface area contributed by atoms with Gasteiger partial charge in [-0.2, -0.15) is 0 Å². The maximum Gasteiger partial charge on any atom is 0.191 e. The molecule has 5 heteroatoms. The van der Waals surface area contributed by atoms with Crippen molar-refractivity contribution >= 4 is 11.6 Å². The van der Waals surface area contributed by atoms with Crippen molar-refractivity contribution in [2.45, 2.75) is 32.4 Å². The number of nitrogens with one attached hydrogen (secondary N) is 3. The Morgan fingerprint density at radius 3 is 2.32 bits per heavy atom. The highest BCUT2D eigenvalue weighted by Gasteiger charge is 2.11. The lowest BCUT2D eigenvalue weighted by molar-refractivity contribution is 0.331. The molecule has 0 atom stereocenters. The molecule has 0 aliphatic carbocycles. The van der Waals surface area contributed by atoms with E-state index in [4.69, 9.17) is 0 Å². The summed E-state index contributed by atoms with van der Waals surface area (Å²) in [5, 5.41) is 10.2. The summed E-state index contributed by atoms with van der Waals surface area (Å²) in [4.78, 5) is 6.85. The normalized spacial score (nSPS) is 14.8. The first-order valence-corrected chi connectivity index (χ1v) is 10.4. The summed E-state index contributed by atoms with van der Waals surface area (Å²) in [5.74, 6) is 0.848. The van der Waals surface area contributed by atoms with Gasteiger partial charge in [0.15, 0.2) is 5.96 Å². The number of likely N-dealkylation sites (tertiary alicyclic amines) is 1. The minimum atomic E-state index is 0.784. The topological polar surface area (TPSA) is 51.7 Å². The summed E-state index contributed by atoms with van der Waals surface area (Å²) in [7, 11) is 1.82. The number of hydrogen-bond acceptors (Lipinski definition) is 3. The lowest BCUT2D eigenvalue weighted by atomic mass is 10.1. The zero-order valence-corrected chi connectivity index (χ0v) is 17.0. The Morgan fingerprint density at radius 2 is 1.61 bits per heavy atom. The number of hydrogen-bond donors (Lipinski definition) is 3. The summed E-state index contributed by atoms with van der Waals surface area (Å²) >= 11 is 0. The Kier molecular flexibility index (Phi) is 8.19. The summed E-state index contributed by atoms with van der Waals surface area (Å²) in [6.45, 7) is 6.17. The Balaban J connectivity index is 1.32. The van der Waals surface area contributed by atoms with Crippen LogP contribution in [0.4, 0.5) is 5.69 Å². The van der Waals surface area contributed by atoms with E-state index in [9.17, 15) is 0 Å². The number of nitrogens with zero attached hydrogens (tertiary/aromatic N) is 2. The van der Waals surface area contributed by atoms with Crippen LogP contribution >= 0.6 is 0 Å². The second kappa shape index (κ2) is 11.3. The largest absolute Gasteiger partial charge is 0.385 e. The van der Waals surface area contributed by atoms with Crippen molar-refractivity contribution in [3.05, 3.63) is 65.7 Å². The van der Waals surface area contributed by atoms with Crippen LogP contribution in [-0.2, 0) is 13.1 Å². The molecule has 0 amide bonds. The van der Waals surface area contributed by atoms with E-state index in [2.05, 4.69) is 62.2 Å². The number of guanidine groups is 1. The SMILES string of the molecule is CN=C(NCCCNc1ccccc1)NCc1ccc(CN2CCCC2)cc1. The van der Waals surface area contributed by atoms with Crippen LogP contribution in [0.15, 0.2) is 59.6 Å². The Morgan fingerprint density at radius 1 is 0.893 bits per heavy atom. The molecule has 1 fully saturated rings. The van der Waals surface area contributed by atoms with Gasteiger partial charge in [-0.3, -0.25) is 9.89 Å². The van der Waals surface area contributed by atoms with Gasteiger partial charge in [0.1, 0.15) is 0 Å². The van der Waals surface area contributed by atoms with E-state index in [1.807, 2.05) is 25.2 Å². The summed E-state index contributed by atoms with van der Waals surface area (Å²) < 4.78 is 0. The average Bonchev–Trinajstić information content (AvgIpc) is 3.25. The van der Waals surface area contributed by atoms with Gasteiger partial charge in [-0.25, -0.2) is 0 Å². The quantitative estimate of drug-likeness (QED) is 0.355. The van der Waals surface area contributed by atoms with Crippen molar-refractivity contribution in [3.8, 4) is 0 Å². The van der Waals surface area contributed by atoms with Crippen molar-refractivity contribution in [1.29, 1.82) is 0 Å². The maximum atomic E-state index is 4.31. The molecule has 1 aliphatic rings. The molecule has 1 saturated heterocycles. The third-order valence-corrected chi connectivity index (χ3v) is 5.06. The second-order valence-corrected chi connectivity index (χ2v) is 7.30. The van der Waals surface area contributed by atoms with Gasteiger partial charge < -0.3 is 16.0 Å². The number of aliphatic imine (C=N–C) groups is 1. The highest BCUT2D eigenvalue weighted by atomic mass is 15.2. The zero-order valence-electron chi connectivity index (χ0n) is 17.0. The maximum absolute atomic E-state index is 4.31. The van der Waals surface area contributed by atoms with Crippen molar-refractivity contribution in [3.63, 3.8) is 0 Å². The predicted octanol–water partition coefficient (Wildman–Crippen LogP) is 3.45. The molecule has 0 spiro atoms. The van der Waals surface area contributed by atoms with E-state index >= 15 is 0 Å². The van der Waals surface area contributed by atoms with Crippen LogP contribution in [0.3, 0.4) is 0 Å². The second-order valence-electron chi connectivity index (χ2n) is 7.30. The first kappa shape index (κ1) is 20.2. The van der Waals surface area contributed by atoms with E-state index in [-0.39, 0.29) is 0 Å². The molecule has 0 saturated carbocycles. The fourth-order valence-electron chi connectivity index (χ4n) is 3.45. The van der Waals surface area contributed by atoms with E-state index in [0.29, 0.717) is 0 Å². The van der Waals surface area contributed by atoms with Crippen LogP contribution in [0.25, 0.3) is 0 Å². The molecule has 1 aliphatic heterocycles. The van der Waals surface area contributed by atoms with Crippen LogP contribution in [0.5, 0.6) is 0 Å². The summed E-state index contributed by atoms with van der Waals surface area (Å²) in [6.07, 6.45) is 3.72. The highest BCUT2D eigenvalue weighted by molar-refractivity contribution is 5.79. The van der Waals surface area contributed by atoms with Crippen LogP contribution < -0.4 is 16.0 Å². The fourth-order valence-corrected chi connectivity index (χ4v) is 3.45. The van der Waals surface area contributed by atoms with Crippen LogP contribution in [0.1, 0.15) is 30.4 Å². The lowest BCUT2D eigenvalue weighted by Crippen LogP contribution is -2.37. The predicted molar refractivity (Wildman–Crippen MR) is 119 cm³/mol. The fraction of sp³-hybridized carbons (Fsp3) is 0.435. The minimum Gasteiger partial charge on any atom is -0.385 e. The third kappa shape index (κ3) is 6.89. The number of anilines is 1. The van der Waals surface area contributed by atoms with Crippen LogP contribution in [0.2, 0.25) is 0 Å². The van der Waals surface area contributed by atoms with Gasteiger partial charge in [0.05, 0.1) is 0 Å². The summed E-state index contributed by atoms with van der Waals surface area (Å²) in [6, 6.07) is 19.2. The molecular formula is C23H33N5. The molecule has 3 N–H and O–H groups in total. The lowest BCUT2D eigenvalue weighted by Gasteiger charge is -2.15. The van der Waals surface area contributed by atoms with Gasteiger partial charge >= 0.3 is 0 Å². The molecule has 0 radical (unpaired) electrons. The zero-order chi connectivity index (χ0) is 19.4. The molecule has 2 aromatic carbocycles. The molecule has 2 aromatic rings. The molecule has 0 bridgehead atoms. The van der Waals surface area contributed by atoms with E-state index < -0.39 is 0 Å². The first-order chi connectivity index (χ1) is 13.8. The summed E-state index contributed by atoms with van der Waals surface area (Å²) in [5.41, 5.74) is 3.84. The van der Waals surface area contributed by atoms with Crippen LogP contribution in [0, 0.1) is 0 Å². The van der Waals surface area contributed by atoms with Crippen molar-refractivity contribution in [2.24, 2.45) is 4.99 Å². The molecule has 1 heterocycles. The van der Waals surface area contributed by atoms with E-state index in [1.165, 1.54) is 37.1 Å². The monoisotopic (exact) mass is 379 g/mol. The smallest absolute Gasteiger partial charge is 0.191 e. The Labute approximate surface area is 169 Å². The molecule has 0 aromatic heterocycles. The first-order valence-electron chi connectivity index (χ1n) is 10.4. The van der Waals surface area contributed by atoms with Crippen molar-refractivity contribution in [2.75, 3.05) is 38.5 Å². The van der Waals surface area contributed by atoms with Gasteiger partial charge in [-0.15, -0.1) is 0 Å². The van der Waals surface area contributed by atoms with Crippen LogP contribution in [-0.4, -0.2) is 44.1 Å². The average molecular weight is 380 g/mol. The van der Waals surface area contributed by atoms with Gasteiger partial charge in [0.2, 0.25) is 0 Å². The molecule has 3 rings (SSSR count). The van der Waals surface area contributed by atoms with Gasteiger partial charge in [0.25, 0.3) is 0 Å². The number of para-hydroxylation sites is 1. The van der Waals surface area contributed by atoms with E-state index in [1.54, 1.807) is 0 Å². The van der Waals surface area contributed by atoms with Gasteiger partial charge in [0, 0.05) is 38.9 Å².